The summed E-state index contributed by atoms with van der Waals surface area (Å²) >= 11 is 1.73. The first kappa shape index (κ1) is 14.8. The van der Waals surface area contributed by atoms with Crippen molar-refractivity contribution in [3.05, 3.63) is 23.6 Å². The Morgan fingerprint density at radius 2 is 2.33 bits per heavy atom. The predicted molar refractivity (Wildman–Crippen MR) is 72.0 cm³/mol. The fraction of sp³-hybridized carbons (Fsp3) is 0.500. The molecular formula is C12H17FN2O2S. The number of aromatic carboxylic acids is 1. The molecule has 1 unspecified atom stereocenters. The number of hydrogen-bond donors (Lipinski definition) is 1. The van der Waals surface area contributed by atoms with Crippen LogP contribution in [0.25, 0.3) is 0 Å². The van der Waals surface area contributed by atoms with Crippen LogP contribution in [0.2, 0.25) is 0 Å². The van der Waals surface area contributed by atoms with Gasteiger partial charge in [-0.05, 0) is 31.4 Å². The number of halogens is 1. The first-order valence-corrected chi connectivity index (χ1v) is 6.97. The summed E-state index contributed by atoms with van der Waals surface area (Å²) in [5.74, 6) is -0.519. The van der Waals surface area contributed by atoms with E-state index in [0.717, 1.165) is 24.4 Å². The minimum Gasteiger partial charge on any atom is -0.478 e. The van der Waals surface area contributed by atoms with E-state index in [1.54, 1.807) is 23.7 Å². The van der Waals surface area contributed by atoms with Gasteiger partial charge >= 0.3 is 5.97 Å². The lowest BCUT2D eigenvalue weighted by atomic mass is 10.2. The van der Waals surface area contributed by atoms with E-state index in [9.17, 15) is 9.18 Å². The van der Waals surface area contributed by atoms with Crippen LogP contribution in [-0.2, 0) is 0 Å². The van der Waals surface area contributed by atoms with E-state index < -0.39 is 11.8 Å². The molecular weight excluding hydrogens is 255 g/mol. The zero-order valence-corrected chi connectivity index (χ0v) is 11.5. The molecule has 1 rings (SSSR count). The van der Waals surface area contributed by atoms with Gasteiger partial charge in [0.2, 0.25) is 0 Å². The maximum absolute atomic E-state index is 13.0. The molecule has 1 aromatic heterocycles. The molecule has 100 valence electrons. The van der Waals surface area contributed by atoms with Crippen molar-refractivity contribution in [3.8, 4) is 0 Å². The van der Waals surface area contributed by atoms with Gasteiger partial charge in [-0.15, -0.1) is 0 Å². The third-order valence-electron chi connectivity index (χ3n) is 2.80. The topological polar surface area (TPSA) is 53.4 Å². The van der Waals surface area contributed by atoms with Crippen molar-refractivity contribution in [2.24, 2.45) is 0 Å². The van der Waals surface area contributed by atoms with Crippen molar-refractivity contribution in [1.29, 1.82) is 0 Å². The van der Waals surface area contributed by atoms with E-state index in [0.29, 0.717) is 5.82 Å². The molecule has 0 fully saturated rings. The lowest BCUT2D eigenvalue weighted by molar-refractivity contribution is 0.0696. The Kier molecular flexibility index (Phi) is 5.40. The van der Waals surface area contributed by atoms with Crippen molar-refractivity contribution >= 4 is 23.5 Å². The second-order valence-electron chi connectivity index (χ2n) is 4.07. The van der Waals surface area contributed by atoms with Gasteiger partial charge in [0.15, 0.2) is 0 Å². The first-order valence-electron chi connectivity index (χ1n) is 5.58. The zero-order valence-electron chi connectivity index (χ0n) is 10.7. The standard InChI is InChI=1S/C12H17FN2O2S/c1-8(4-5-18-3)15(2)11-10(12(16)17)6-9(13)7-14-11/h6-8H,4-5H2,1-3H3,(H,16,17). The first-order chi connectivity index (χ1) is 8.47. The number of carboxylic acid groups (broad SMARTS) is 1. The molecule has 1 atom stereocenters. The highest BCUT2D eigenvalue weighted by Crippen LogP contribution is 2.21. The van der Waals surface area contributed by atoms with Crippen LogP contribution in [0.4, 0.5) is 10.2 Å². The molecule has 6 heteroatoms. The van der Waals surface area contributed by atoms with E-state index in [4.69, 9.17) is 5.11 Å². The zero-order chi connectivity index (χ0) is 13.7. The van der Waals surface area contributed by atoms with Crippen LogP contribution >= 0.6 is 11.8 Å². The Morgan fingerprint density at radius 3 is 2.89 bits per heavy atom. The number of nitrogens with zero attached hydrogens (tertiary/aromatic N) is 2. The molecule has 0 aliphatic heterocycles. The van der Waals surface area contributed by atoms with Crippen LogP contribution in [0.1, 0.15) is 23.7 Å². The Hall–Kier alpha value is -1.30. The number of aromatic nitrogens is 1. The monoisotopic (exact) mass is 272 g/mol. The number of carbonyl (C=O) groups is 1. The third-order valence-corrected chi connectivity index (χ3v) is 3.44. The summed E-state index contributed by atoms with van der Waals surface area (Å²) in [6.45, 7) is 1.99. The van der Waals surface area contributed by atoms with E-state index in [2.05, 4.69) is 4.98 Å². The van der Waals surface area contributed by atoms with Gasteiger partial charge in [0, 0.05) is 13.1 Å². The Balaban J connectivity index is 2.97. The van der Waals surface area contributed by atoms with Gasteiger partial charge in [-0.2, -0.15) is 11.8 Å². The van der Waals surface area contributed by atoms with Crippen LogP contribution in [0.15, 0.2) is 12.3 Å². The second-order valence-corrected chi connectivity index (χ2v) is 5.06. The second kappa shape index (κ2) is 6.58. The number of anilines is 1. The highest BCUT2D eigenvalue weighted by Gasteiger charge is 2.19. The average molecular weight is 272 g/mol. The van der Waals surface area contributed by atoms with Gasteiger partial charge < -0.3 is 10.0 Å². The highest BCUT2D eigenvalue weighted by molar-refractivity contribution is 7.98. The van der Waals surface area contributed by atoms with Gasteiger partial charge in [0.25, 0.3) is 0 Å². The number of thioether (sulfide) groups is 1. The average Bonchev–Trinajstić information content (AvgIpc) is 2.34. The third kappa shape index (κ3) is 3.60. The molecule has 1 aromatic rings. The minimum atomic E-state index is -1.17. The highest BCUT2D eigenvalue weighted by atomic mass is 32.2. The van der Waals surface area contributed by atoms with Crippen molar-refractivity contribution in [2.45, 2.75) is 19.4 Å². The van der Waals surface area contributed by atoms with Crippen LogP contribution in [-0.4, -0.2) is 41.2 Å². The van der Waals surface area contributed by atoms with Crippen LogP contribution < -0.4 is 4.90 Å². The summed E-state index contributed by atoms with van der Waals surface area (Å²) in [5, 5.41) is 9.06. The molecule has 0 saturated carbocycles. The Morgan fingerprint density at radius 1 is 1.67 bits per heavy atom. The number of hydrogen-bond acceptors (Lipinski definition) is 4. The fourth-order valence-corrected chi connectivity index (χ4v) is 2.14. The summed E-state index contributed by atoms with van der Waals surface area (Å²) in [7, 11) is 1.78. The molecule has 0 bridgehead atoms. The predicted octanol–water partition coefficient (Wildman–Crippen LogP) is 2.50. The van der Waals surface area contributed by atoms with E-state index in [1.807, 2.05) is 13.2 Å². The molecule has 0 spiro atoms. The minimum absolute atomic E-state index is 0.103. The molecule has 18 heavy (non-hydrogen) atoms. The van der Waals surface area contributed by atoms with E-state index in [1.165, 1.54) is 0 Å². The van der Waals surface area contributed by atoms with Gasteiger partial charge in [0.1, 0.15) is 17.2 Å². The Bertz CT molecular complexity index is 429. The lowest BCUT2D eigenvalue weighted by Crippen LogP contribution is -2.31. The van der Waals surface area contributed by atoms with Gasteiger partial charge in [-0.25, -0.2) is 14.2 Å². The van der Waals surface area contributed by atoms with E-state index >= 15 is 0 Å². The molecule has 4 nitrogen and oxygen atoms in total. The van der Waals surface area contributed by atoms with Crippen LogP contribution in [0.3, 0.4) is 0 Å². The lowest BCUT2D eigenvalue weighted by Gasteiger charge is -2.26. The summed E-state index contributed by atoms with van der Waals surface area (Å²) in [6, 6.07) is 1.15. The van der Waals surface area contributed by atoms with E-state index in [-0.39, 0.29) is 11.6 Å². The van der Waals surface area contributed by atoms with Gasteiger partial charge in [-0.3, -0.25) is 0 Å². The molecule has 1 N–H and O–H groups in total. The van der Waals surface area contributed by atoms with Gasteiger partial charge in [0.05, 0.1) is 6.20 Å². The smallest absolute Gasteiger partial charge is 0.339 e. The Labute approximate surface area is 110 Å². The molecule has 0 aromatic carbocycles. The fourth-order valence-electron chi connectivity index (χ4n) is 1.56. The number of rotatable bonds is 6. The van der Waals surface area contributed by atoms with Crippen LogP contribution in [0.5, 0.6) is 0 Å². The van der Waals surface area contributed by atoms with Crippen molar-refractivity contribution in [2.75, 3.05) is 24.0 Å². The van der Waals surface area contributed by atoms with Crippen molar-refractivity contribution in [3.63, 3.8) is 0 Å². The SMILES string of the molecule is CSCCC(C)N(C)c1ncc(F)cc1C(=O)O. The quantitative estimate of drug-likeness (QED) is 0.862. The van der Waals surface area contributed by atoms with Crippen molar-refractivity contribution in [1.82, 2.24) is 4.98 Å². The molecule has 1 heterocycles. The van der Waals surface area contributed by atoms with Crippen molar-refractivity contribution < 1.29 is 14.3 Å². The van der Waals surface area contributed by atoms with Crippen LogP contribution in [0, 0.1) is 5.82 Å². The molecule has 0 radical (unpaired) electrons. The molecule has 0 saturated heterocycles. The summed E-state index contributed by atoms with van der Waals surface area (Å²) in [6.07, 6.45) is 3.97. The summed E-state index contributed by atoms with van der Waals surface area (Å²) in [5.41, 5.74) is -0.103. The molecule has 0 amide bonds. The largest absolute Gasteiger partial charge is 0.478 e. The normalized spacial score (nSPS) is 12.2. The summed E-state index contributed by atoms with van der Waals surface area (Å²) < 4.78 is 13.0. The molecule has 0 aliphatic rings. The van der Waals surface area contributed by atoms with Gasteiger partial charge in [-0.1, -0.05) is 0 Å². The maximum atomic E-state index is 13.0. The maximum Gasteiger partial charge on any atom is 0.339 e. The number of carboxylic acids is 1. The number of pyridine rings is 1. The summed E-state index contributed by atoms with van der Waals surface area (Å²) in [4.78, 5) is 16.7. The molecule has 0 aliphatic carbocycles.